The lowest BCUT2D eigenvalue weighted by Crippen LogP contribution is -2.45. The standard InChI is InChI=1S/C17H28N2S/c1-17(2,3)18-12-16(14-8-6-5-7-9-14)19(4)15-10-11-20-13-15/h5-9,15-16,18H,10-13H2,1-4H3. The molecule has 2 nitrogen and oxygen atoms in total. The molecule has 1 aliphatic heterocycles. The molecule has 0 saturated carbocycles. The van der Waals surface area contributed by atoms with Crippen molar-refractivity contribution < 1.29 is 0 Å². The molecule has 1 aromatic rings. The topological polar surface area (TPSA) is 15.3 Å². The first kappa shape index (κ1) is 15.9. The Labute approximate surface area is 128 Å². The molecule has 1 fully saturated rings. The van der Waals surface area contributed by atoms with E-state index in [9.17, 15) is 0 Å². The number of likely N-dealkylation sites (N-methyl/N-ethyl adjacent to an activating group) is 1. The van der Waals surface area contributed by atoms with Crippen molar-refractivity contribution in [2.75, 3.05) is 25.1 Å². The SMILES string of the molecule is CN(C1CCSC1)C(CNC(C)(C)C)c1ccccc1. The number of benzene rings is 1. The van der Waals surface area contributed by atoms with Gasteiger partial charge in [0, 0.05) is 29.9 Å². The monoisotopic (exact) mass is 292 g/mol. The summed E-state index contributed by atoms with van der Waals surface area (Å²) in [7, 11) is 2.29. The minimum absolute atomic E-state index is 0.165. The largest absolute Gasteiger partial charge is 0.310 e. The zero-order valence-electron chi connectivity index (χ0n) is 13.2. The molecule has 3 heteroatoms. The van der Waals surface area contributed by atoms with E-state index in [1.54, 1.807) is 0 Å². The zero-order chi connectivity index (χ0) is 14.6. The third-order valence-electron chi connectivity index (χ3n) is 3.98. The van der Waals surface area contributed by atoms with Crippen LogP contribution in [0.1, 0.15) is 38.8 Å². The molecular weight excluding hydrogens is 264 g/mol. The fourth-order valence-corrected chi connectivity index (χ4v) is 3.95. The highest BCUT2D eigenvalue weighted by atomic mass is 32.2. The lowest BCUT2D eigenvalue weighted by atomic mass is 10.0. The molecule has 1 saturated heterocycles. The van der Waals surface area contributed by atoms with E-state index in [1.165, 1.54) is 23.5 Å². The van der Waals surface area contributed by atoms with Crippen molar-refractivity contribution in [2.45, 2.75) is 44.8 Å². The van der Waals surface area contributed by atoms with E-state index in [2.05, 4.69) is 80.1 Å². The summed E-state index contributed by atoms with van der Waals surface area (Å²) in [6, 6.07) is 12.1. The van der Waals surface area contributed by atoms with E-state index >= 15 is 0 Å². The third kappa shape index (κ3) is 4.51. The van der Waals surface area contributed by atoms with Crippen molar-refractivity contribution in [2.24, 2.45) is 0 Å². The Morgan fingerprint density at radius 2 is 2.00 bits per heavy atom. The van der Waals surface area contributed by atoms with Gasteiger partial charge in [-0.25, -0.2) is 0 Å². The number of nitrogens with zero attached hydrogens (tertiary/aromatic N) is 1. The highest BCUT2D eigenvalue weighted by Gasteiger charge is 2.27. The van der Waals surface area contributed by atoms with Crippen LogP contribution in [0.15, 0.2) is 30.3 Å². The van der Waals surface area contributed by atoms with Gasteiger partial charge in [-0.15, -0.1) is 0 Å². The fraction of sp³-hybridized carbons (Fsp3) is 0.647. The second-order valence-corrected chi connectivity index (χ2v) is 7.89. The first-order valence-electron chi connectivity index (χ1n) is 7.57. The van der Waals surface area contributed by atoms with Crippen LogP contribution in [0.4, 0.5) is 0 Å². The molecule has 0 amide bonds. The summed E-state index contributed by atoms with van der Waals surface area (Å²) in [5.74, 6) is 2.58. The highest BCUT2D eigenvalue weighted by molar-refractivity contribution is 7.99. The van der Waals surface area contributed by atoms with Gasteiger partial charge in [0.15, 0.2) is 0 Å². The van der Waals surface area contributed by atoms with E-state index in [0.717, 1.165) is 6.54 Å². The van der Waals surface area contributed by atoms with Gasteiger partial charge in [-0.1, -0.05) is 30.3 Å². The summed E-state index contributed by atoms with van der Waals surface area (Å²) < 4.78 is 0. The molecule has 20 heavy (non-hydrogen) atoms. The van der Waals surface area contributed by atoms with Gasteiger partial charge in [-0.3, -0.25) is 4.90 Å². The smallest absolute Gasteiger partial charge is 0.0473 e. The molecule has 1 heterocycles. The maximum absolute atomic E-state index is 3.68. The lowest BCUT2D eigenvalue weighted by Gasteiger charge is -2.35. The van der Waals surface area contributed by atoms with Crippen LogP contribution in [0.2, 0.25) is 0 Å². The minimum atomic E-state index is 0.165. The first-order chi connectivity index (χ1) is 9.47. The van der Waals surface area contributed by atoms with Crippen LogP contribution in [0.5, 0.6) is 0 Å². The van der Waals surface area contributed by atoms with Crippen LogP contribution in [-0.4, -0.2) is 41.6 Å². The van der Waals surface area contributed by atoms with Crippen molar-refractivity contribution in [3.05, 3.63) is 35.9 Å². The van der Waals surface area contributed by atoms with Crippen LogP contribution in [0, 0.1) is 0 Å². The molecule has 0 aliphatic carbocycles. The Balaban J connectivity index is 2.10. The van der Waals surface area contributed by atoms with Crippen molar-refractivity contribution >= 4 is 11.8 Å². The maximum atomic E-state index is 3.68. The van der Waals surface area contributed by atoms with Gasteiger partial charge < -0.3 is 5.32 Å². The Bertz CT molecular complexity index is 393. The Hall–Kier alpha value is -0.510. The summed E-state index contributed by atoms with van der Waals surface area (Å²) in [5, 5.41) is 3.68. The summed E-state index contributed by atoms with van der Waals surface area (Å²) in [6.45, 7) is 7.71. The van der Waals surface area contributed by atoms with Crippen molar-refractivity contribution in [1.82, 2.24) is 10.2 Å². The molecule has 0 spiro atoms. The van der Waals surface area contributed by atoms with Crippen molar-refractivity contribution in [3.63, 3.8) is 0 Å². The molecule has 0 aromatic heterocycles. The van der Waals surface area contributed by atoms with Gasteiger partial charge in [0.2, 0.25) is 0 Å². The number of thioether (sulfide) groups is 1. The van der Waals surface area contributed by atoms with E-state index in [-0.39, 0.29) is 5.54 Å². The average molecular weight is 292 g/mol. The van der Waals surface area contributed by atoms with Crippen LogP contribution < -0.4 is 5.32 Å². The van der Waals surface area contributed by atoms with Crippen LogP contribution in [0.25, 0.3) is 0 Å². The van der Waals surface area contributed by atoms with Gasteiger partial charge in [-0.05, 0) is 45.6 Å². The first-order valence-corrected chi connectivity index (χ1v) is 8.72. The summed E-state index contributed by atoms with van der Waals surface area (Å²) in [4.78, 5) is 2.58. The molecule has 2 rings (SSSR count). The van der Waals surface area contributed by atoms with Crippen molar-refractivity contribution in [1.29, 1.82) is 0 Å². The van der Waals surface area contributed by atoms with Gasteiger partial charge >= 0.3 is 0 Å². The second-order valence-electron chi connectivity index (χ2n) is 6.74. The molecule has 1 N–H and O–H groups in total. The number of rotatable bonds is 5. The molecule has 0 bridgehead atoms. The van der Waals surface area contributed by atoms with Crippen LogP contribution in [-0.2, 0) is 0 Å². The number of nitrogens with one attached hydrogen (secondary N) is 1. The van der Waals surface area contributed by atoms with Crippen LogP contribution >= 0.6 is 11.8 Å². The quantitative estimate of drug-likeness (QED) is 0.893. The molecule has 1 aromatic carbocycles. The summed E-state index contributed by atoms with van der Waals surface area (Å²) in [6.07, 6.45) is 1.32. The van der Waals surface area contributed by atoms with Gasteiger partial charge in [-0.2, -0.15) is 11.8 Å². The molecular formula is C17H28N2S. The molecule has 2 atom stereocenters. The molecule has 1 aliphatic rings. The molecule has 112 valence electrons. The van der Waals surface area contributed by atoms with E-state index in [1.807, 2.05) is 0 Å². The summed E-state index contributed by atoms with van der Waals surface area (Å²) in [5.41, 5.74) is 1.59. The maximum Gasteiger partial charge on any atom is 0.0473 e. The van der Waals surface area contributed by atoms with Gasteiger partial charge in [0.25, 0.3) is 0 Å². The molecule has 2 unspecified atom stereocenters. The predicted molar refractivity (Wildman–Crippen MR) is 90.4 cm³/mol. The normalized spacial score (nSPS) is 21.4. The highest BCUT2D eigenvalue weighted by Crippen LogP contribution is 2.28. The van der Waals surface area contributed by atoms with E-state index in [0.29, 0.717) is 12.1 Å². The van der Waals surface area contributed by atoms with E-state index in [4.69, 9.17) is 0 Å². The Morgan fingerprint density at radius 3 is 2.55 bits per heavy atom. The Morgan fingerprint density at radius 1 is 1.30 bits per heavy atom. The van der Waals surface area contributed by atoms with E-state index < -0.39 is 0 Å². The van der Waals surface area contributed by atoms with Gasteiger partial charge in [0.05, 0.1) is 0 Å². The lowest BCUT2D eigenvalue weighted by molar-refractivity contribution is 0.175. The second kappa shape index (κ2) is 6.97. The average Bonchev–Trinajstić information content (AvgIpc) is 2.92. The third-order valence-corrected chi connectivity index (χ3v) is 5.13. The Kier molecular flexibility index (Phi) is 5.53. The predicted octanol–water partition coefficient (Wildman–Crippen LogP) is 3.55. The molecule has 0 radical (unpaired) electrons. The van der Waals surface area contributed by atoms with Crippen molar-refractivity contribution in [3.8, 4) is 0 Å². The summed E-state index contributed by atoms with van der Waals surface area (Å²) >= 11 is 2.08. The fourth-order valence-electron chi connectivity index (χ4n) is 2.67. The van der Waals surface area contributed by atoms with Gasteiger partial charge in [0.1, 0.15) is 0 Å². The number of hydrogen-bond donors (Lipinski definition) is 1. The number of hydrogen-bond acceptors (Lipinski definition) is 3. The van der Waals surface area contributed by atoms with Crippen LogP contribution in [0.3, 0.4) is 0 Å². The zero-order valence-corrected chi connectivity index (χ0v) is 14.0. The minimum Gasteiger partial charge on any atom is -0.310 e.